The molecule has 1 saturated heterocycles. The van der Waals surface area contributed by atoms with Gasteiger partial charge < -0.3 is 9.72 Å². The molecule has 1 aliphatic heterocycles. The molecule has 0 amide bonds. The zero-order chi connectivity index (χ0) is 16.4. The van der Waals surface area contributed by atoms with Crippen LogP contribution in [-0.4, -0.2) is 41.2 Å². The van der Waals surface area contributed by atoms with Gasteiger partial charge in [-0.2, -0.15) is 5.26 Å². The van der Waals surface area contributed by atoms with Gasteiger partial charge in [-0.15, -0.1) is 0 Å². The van der Waals surface area contributed by atoms with Crippen LogP contribution in [0.25, 0.3) is 22.2 Å². The molecule has 0 saturated carbocycles. The first-order chi connectivity index (χ1) is 11.8. The van der Waals surface area contributed by atoms with E-state index in [9.17, 15) is 5.26 Å². The lowest BCUT2D eigenvalue weighted by Crippen LogP contribution is -2.35. The van der Waals surface area contributed by atoms with Crippen molar-refractivity contribution < 1.29 is 4.74 Å². The summed E-state index contributed by atoms with van der Waals surface area (Å²) in [5.74, 6) is 0. The maximum absolute atomic E-state index is 9.31. The molecular weight excluding hydrogens is 300 g/mol. The number of nitrogens with zero attached hydrogens (tertiary/aromatic N) is 3. The van der Waals surface area contributed by atoms with E-state index in [2.05, 4.69) is 45.2 Å². The van der Waals surface area contributed by atoms with Crippen LogP contribution in [0.3, 0.4) is 0 Å². The molecular formula is C19H18N4O. The Balaban J connectivity index is 1.63. The number of nitriles is 1. The van der Waals surface area contributed by atoms with E-state index in [-0.39, 0.29) is 0 Å². The van der Waals surface area contributed by atoms with Crippen molar-refractivity contribution in [2.75, 3.05) is 26.3 Å². The highest BCUT2D eigenvalue weighted by Gasteiger charge is 2.13. The van der Waals surface area contributed by atoms with Crippen molar-refractivity contribution in [1.82, 2.24) is 14.9 Å². The molecule has 0 atom stereocenters. The maximum Gasteiger partial charge on any atom is 0.139 e. The Hall–Kier alpha value is -2.68. The summed E-state index contributed by atoms with van der Waals surface area (Å²) in [6.45, 7) is 4.56. The van der Waals surface area contributed by atoms with E-state index in [4.69, 9.17) is 4.74 Å². The molecule has 2 aromatic heterocycles. The maximum atomic E-state index is 9.31. The van der Waals surface area contributed by atoms with Crippen LogP contribution in [-0.2, 0) is 11.3 Å². The molecule has 0 spiro atoms. The molecule has 120 valence electrons. The standard InChI is InChI=1S/C19H18N4O/c20-11-16-12-22-19-18(16)17(5-6-21-19)15-3-1-14(2-4-15)13-23-7-9-24-10-8-23/h1-6,12H,7-10,13H2,(H,21,22). The molecule has 1 N–H and O–H groups in total. The third-order valence-electron chi connectivity index (χ3n) is 4.47. The molecule has 0 unspecified atom stereocenters. The Morgan fingerprint density at radius 3 is 2.71 bits per heavy atom. The number of aromatic nitrogens is 2. The van der Waals surface area contributed by atoms with Crippen molar-refractivity contribution in [2.24, 2.45) is 0 Å². The average molecular weight is 318 g/mol. The molecule has 1 fully saturated rings. The highest BCUT2D eigenvalue weighted by atomic mass is 16.5. The van der Waals surface area contributed by atoms with Crippen molar-refractivity contribution >= 4 is 11.0 Å². The number of H-pyrrole nitrogens is 1. The SMILES string of the molecule is N#Cc1c[nH]c2nccc(-c3ccc(CN4CCOCC4)cc3)c12. The van der Waals surface area contributed by atoms with Gasteiger partial charge in [0.1, 0.15) is 11.7 Å². The topological polar surface area (TPSA) is 64.9 Å². The smallest absolute Gasteiger partial charge is 0.139 e. The van der Waals surface area contributed by atoms with Crippen LogP contribution >= 0.6 is 0 Å². The highest BCUT2D eigenvalue weighted by Crippen LogP contribution is 2.29. The molecule has 24 heavy (non-hydrogen) atoms. The van der Waals surface area contributed by atoms with Gasteiger partial charge in [-0.25, -0.2) is 4.98 Å². The highest BCUT2D eigenvalue weighted by molar-refractivity contribution is 5.97. The van der Waals surface area contributed by atoms with E-state index >= 15 is 0 Å². The average Bonchev–Trinajstić information content (AvgIpc) is 3.07. The minimum atomic E-state index is 0.630. The van der Waals surface area contributed by atoms with Gasteiger partial charge in [0.25, 0.3) is 0 Å². The number of fused-ring (bicyclic) bond motifs is 1. The summed E-state index contributed by atoms with van der Waals surface area (Å²) in [7, 11) is 0. The summed E-state index contributed by atoms with van der Waals surface area (Å²) in [5, 5.41) is 10.2. The van der Waals surface area contributed by atoms with Gasteiger partial charge in [-0.05, 0) is 22.8 Å². The van der Waals surface area contributed by atoms with E-state index in [1.165, 1.54) is 5.56 Å². The number of hydrogen-bond donors (Lipinski definition) is 1. The van der Waals surface area contributed by atoms with Crippen molar-refractivity contribution in [3.63, 3.8) is 0 Å². The molecule has 5 heteroatoms. The Labute approximate surface area is 140 Å². The lowest BCUT2D eigenvalue weighted by atomic mass is 10.0. The van der Waals surface area contributed by atoms with Gasteiger partial charge in [0, 0.05) is 37.4 Å². The third kappa shape index (κ3) is 2.78. The van der Waals surface area contributed by atoms with Crippen molar-refractivity contribution in [3.8, 4) is 17.2 Å². The summed E-state index contributed by atoms with van der Waals surface area (Å²) in [5.41, 5.74) is 4.81. The number of nitrogens with one attached hydrogen (secondary N) is 1. The number of benzene rings is 1. The van der Waals surface area contributed by atoms with Gasteiger partial charge >= 0.3 is 0 Å². The predicted molar refractivity (Wildman–Crippen MR) is 92.3 cm³/mol. The molecule has 0 radical (unpaired) electrons. The van der Waals surface area contributed by atoms with Crippen LogP contribution in [0.2, 0.25) is 0 Å². The number of ether oxygens (including phenoxy) is 1. The van der Waals surface area contributed by atoms with E-state index in [1.54, 1.807) is 12.4 Å². The second-order valence-corrected chi connectivity index (χ2v) is 5.98. The fraction of sp³-hybridized carbons (Fsp3) is 0.263. The molecule has 4 rings (SSSR count). The van der Waals surface area contributed by atoms with Gasteiger partial charge in [-0.3, -0.25) is 4.90 Å². The number of aromatic amines is 1. The van der Waals surface area contributed by atoms with Crippen LogP contribution in [0.5, 0.6) is 0 Å². The fourth-order valence-corrected chi connectivity index (χ4v) is 3.19. The zero-order valence-electron chi connectivity index (χ0n) is 13.3. The summed E-state index contributed by atoms with van der Waals surface area (Å²) in [6.07, 6.45) is 3.49. The third-order valence-corrected chi connectivity index (χ3v) is 4.47. The van der Waals surface area contributed by atoms with E-state index < -0.39 is 0 Å². The molecule has 1 aromatic carbocycles. The number of rotatable bonds is 3. The summed E-state index contributed by atoms with van der Waals surface area (Å²) >= 11 is 0. The molecule has 1 aliphatic rings. The summed E-state index contributed by atoms with van der Waals surface area (Å²) in [6, 6.07) is 12.8. The first-order valence-corrected chi connectivity index (χ1v) is 8.11. The van der Waals surface area contributed by atoms with Gasteiger partial charge in [0.2, 0.25) is 0 Å². The fourth-order valence-electron chi connectivity index (χ4n) is 3.19. The molecule has 0 aliphatic carbocycles. The van der Waals surface area contributed by atoms with Gasteiger partial charge in [0.15, 0.2) is 0 Å². The second kappa shape index (κ2) is 6.44. The first kappa shape index (κ1) is 14.9. The summed E-state index contributed by atoms with van der Waals surface area (Å²) in [4.78, 5) is 9.77. The van der Waals surface area contributed by atoms with Crippen LogP contribution < -0.4 is 0 Å². The minimum absolute atomic E-state index is 0.630. The normalized spacial score (nSPS) is 15.5. The predicted octanol–water partition coefficient (Wildman–Crippen LogP) is 2.93. The summed E-state index contributed by atoms with van der Waals surface area (Å²) < 4.78 is 5.39. The van der Waals surface area contributed by atoms with Crippen molar-refractivity contribution in [3.05, 3.63) is 53.9 Å². The number of morpholine rings is 1. The quantitative estimate of drug-likeness (QED) is 0.806. The van der Waals surface area contributed by atoms with Crippen LogP contribution in [0.15, 0.2) is 42.7 Å². The van der Waals surface area contributed by atoms with Crippen LogP contribution in [0.1, 0.15) is 11.1 Å². The lowest BCUT2D eigenvalue weighted by Gasteiger charge is -2.26. The Kier molecular flexibility index (Phi) is 3.99. The molecule has 5 nitrogen and oxygen atoms in total. The molecule has 0 bridgehead atoms. The Morgan fingerprint density at radius 1 is 1.17 bits per heavy atom. The number of hydrogen-bond acceptors (Lipinski definition) is 4. The Morgan fingerprint density at radius 2 is 1.96 bits per heavy atom. The number of pyridine rings is 1. The monoisotopic (exact) mass is 318 g/mol. The van der Waals surface area contributed by atoms with E-state index in [0.29, 0.717) is 5.56 Å². The van der Waals surface area contributed by atoms with Crippen LogP contribution in [0.4, 0.5) is 0 Å². The van der Waals surface area contributed by atoms with E-state index in [0.717, 1.165) is 55.0 Å². The molecule has 3 aromatic rings. The first-order valence-electron chi connectivity index (χ1n) is 8.11. The largest absolute Gasteiger partial charge is 0.379 e. The van der Waals surface area contributed by atoms with Crippen molar-refractivity contribution in [2.45, 2.75) is 6.54 Å². The van der Waals surface area contributed by atoms with E-state index in [1.807, 2.05) is 6.07 Å². The second-order valence-electron chi connectivity index (χ2n) is 5.98. The van der Waals surface area contributed by atoms with Gasteiger partial charge in [0.05, 0.1) is 18.8 Å². The zero-order valence-corrected chi connectivity index (χ0v) is 13.3. The Bertz CT molecular complexity index is 886. The van der Waals surface area contributed by atoms with Gasteiger partial charge in [-0.1, -0.05) is 24.3 Å². The minimum Gasteiger partial charge on any atom is -0.379 e. The van der Waals surface area contributed by atoms with Crippen LogP contribution in [0, 0.1) is 11.3 Å². The molecule has 3 heterocycles. The van der Waals surface area contributed by atoms with Crippen molar-refractivity contribution in [1.29, 1.82) is 5.26 Å². The lowest BCUT2D eigenvalue weighted by molar-refractivity contribution is 0.0342.